The molecule has 3 nitrogen and oxygen atoms in total. The Kier molecular flexibility index (Phi) is 7.68. The molecule has 0 fully saturated rings. The Balaban J connectivity index is 2.41. The molecule has 0 aromatic heterocycles. The highest BCUT2D eigenvalue weighted by Crippen LogP contribution is 2.26. The lowest BCUT2D eigenvalue weighted by Crippen LogP contribution is -2.30. The molecule has 0 atom stereocenters. The zero-order valence-corrected chi connectivity index (χ0v) is 13.0. The smallest absolute Gasteiger partial charge is 0.137 e. The largest absolute Gasteiger partial charge is 0.495 e. The molecule has 0 aliphatic rings. The predicted molar refractivity (Wildman–Crippen MR) is 83.5 cm³/mol. The fourth-order valence-corrected chi connectivity index (χ4v) is 2.36. The second-order valence-electron chi connectivity index (χ2n) is 4.62. The fraction of sp³-hybridized carbons (Fsp3) is 0.600. The summed E-state index contributed by atoms with van der Waals surface area (Å²) in [6, 6.07) is 5.79. The zero-order chi connectivity index (χ0) is 14.1. The highest BCUT2D eigenvalue weighted by atomic mass is 35.5. The van der Waals surface area contributed by atoms with E-state index >= 15 is 0 Å². The average molecular weight is 285 g/mol. The Morgan fingerprint density at radius 3 is 2.37 bits per heavy atom. The molecular weight excluding hydrogens is 260 g/mol. The number of benzene rings is 1. The van der Waals surface area contributed by atoms with E-state index in [1.807, 2.05) is 18.2 Å². The van der Waals surface area contributed by atoms with Gasteiger partial charge in [-0.25, -0.2) is 0 Å². The molecule has 0 saturated heterocycles. The van der Waals surface area contributed by atoms with Gasteiger partial charge in [0.15, 0.2) is 0 Å². The summed E-state index contributed by atoms with van der Waals surface area (Å²) in [4.78, 5) is 2.48. The molecule has 0 radical (unpaired) electrons. The number of hydrogen-bond acceptors (Lipinski definition) is 3. The zero-order valence-electron chi connectivity index (χ0n) is 12.2. The minimum atomic E-state index is 0.645. The van der Waals surface area contributed by atoms with Crippen LogP contribution in [0.3, 0.4) is 0 Å². The third kappa shape index (κ3) is 5.70. The van der Waals surface area contributed by atoms with Gasteiger partial charge < -0.3 is 15.0 Å². The van der Waals surface area contributed by atoms with E-state index < -0.39 is 0 Å². The highest BCUT2D eigenvalue weighted by Gasteiger charge is 2.03. The second-order valence-corrected chi connectivity index (χ2v) is 5.02. The van der Waals surface area contributed by atoms with Crippen LogP contribution >= 0.6 is 11.6 Å². The fourth-order valence-electron chi connectivity index (χ4n) is 2.10. The summed E-state index contributed by atoms with van der Waals surface area (Å²) in [6.07, 6.45) is 2.41. The van der Waals surface area contributed by atoms with Crippen LogP contribution in [0.4, 0.5) is 5.69 Å². The minimum absolute atomic E-state index is 0.645. The SMILES string of the molecule is CCCN(CCC)CCNc1ccc(OC)c(Cl)c1. The molecule has 19 heavy (non-hydrogen) atoms. The van der Waals surface area contributed by atoms with Gasteiger partial charge >= 0.3 is 0 Å². The molecule has 108 valence electrons. The Morgan fingerprint density at radius 1 is 1.16 bits per heavy atom. The maximum absolute atomic E-state index is 6.10. The Labute approximate surface area is 121 Å². The highest BCUT2D eigenvalue weighted by molar-refractivity contribution is 6.32. The standard InChI is InChI=1S/C15H25ClN2O/c1-4-9-18(10-5-2)11-8-17-13-6-7-15(19-3)14(16)12-13/h6-7,12,17H,4-5,8-11H2,1-3H3. The lowest BCUT2D eigenvalue weighted by atomic mass is 10.3. The molecule has 0 unspecified atom stereocenters. The van der Waals surface area contributed by atoms with E-state index in [4.69, 9.17) is 16.3 Å². The second kappa shape index (κ2) is 9.05. The van der Waals surface area contributed by atoms with Crippen LogP contribution in [-0.2, 0) is 0 Å². The number of halogens is 1. The van der Waals surface area contributed by atoms with Crippen molar-refractivity contribution in [1.82, 2.24) is 4.90 Å². The molecule has 1 aromatic rings. The van der Waals surface area contributed by atoms with Gasteiger partial charge in [-0.05, 0) is 44.1 Å². The van der Waals surface area contributed by atoms with Crippen LogP contribution < -0.4 is 10.1 Å². The van der Waals surface area contributed by atoms with E-state index in [2.05, 4.69) is 24.1 Å². The van der Waals surface area contributed by atoms with Crippen molar-refractivity contribution in [2.24, 2.45) is 0 Å². The normalized spacial score (nSPS) is 10.8. The van der Waals surface area contributed by atoms with Crippen LogP contribution in [0.5, 0.6) is 5.75 Å². The van der Waals surface area contributed by atoms with Crippen molar-refractivity contribution < 1.29 is 4.74 Å². The van der Waals surface area contributed by atoms with Gasteiger partial charge in [0.2, 0.25) is 0 Å². The van der Waals surface area contributed by atoms with Crippen molar-refractivity contribution in [3.63, 3.8) is 0 Å². The maximum atomic E-state index is 6.10. The number of rotatable bonds is 9. The van der Waals surface area contributed by atoms with E-state index in [1.165, 1.54) is 25.9 Å². The molecule has 1 N–H and O–H groups in total. The summed E-state index contributed by atoms with van der Waals surface area (Å²) in [5, 5.41) is 4.05. The summed E-state index contributed by atoms with van der Waals surface area (Å²) in [7, 11) is 1.63. The first-order valence-corrected chi connectivity index (χ1v) is 7.38. The van der Waals surface area contributed by atoms with E-state index in [9.17, 15) is 0 Å². The van der Waals surface area contributed by atoms with Gasteiger partial charge in [-0.2, -0.15) is 0 Å². The number of methoxy groups -OCH3 is 1. The van der Waals surface area contributed by atoms with Gasteiger partial charge in [-0.3, -0.25) is 0 Å². The third-order valence-electron chi connectivity index (χ3n) is 2.99. The topological polar surface area (TPSA) is 24.5 Å². The van der Waals surface area contributed by atoms with Crippen molar-refractivity contribution >= 4 is 17.3 Å². The van der Waals surface area contributed by atoms with Crippen molar-refractivity contribution in [1.29, 1.82) is 0 Å². The molecule has 0 heterocycles. The van der Waals surface area contributed by atoms with Crippen molar-refractivity contribution in [2.75, 3.05) is 38.6 Å². The van der Waals surface area contributed by atoms with E-state index in [0.29, 0.717) is 10.8 Å². The molecule has 0 spiro atoms. The number of nitrogens with zero attached hydrogens (tertiary/aromatic N) is 1. The van der Waals surface area contributed by atoms with Crippen molar-refractivity contribution in [3.8, 4) is 5.75 Å². The third-order valence-corrected chi connectivity index (χ3v) is 3.28. The number of nitrogens with one attached hydrogen (secondary N) is 1. The molecule has 1 rings (SSSR count). The van der Waals surface area contributed by atoms with Crippen LogP contribution in [0.25, 0.3) is 0 Å². The number of anilines is 1. The monoisotopic (exact) mass is 284 g/mol. The van der Waals surface area contributed by atoms with Gasteiger partial charge in [-0.15, -0.1) is 0 Å². The van der Waals surface area contributed by atoms with E-state index in [-0.39, 0.29) is 0 Å². The molecule has 1 aromatic carbocycles. The first kappa shape index (κ1) is 16.1. The molecule has 0 bridgehead atoms. The lowest BCUT2D eigenvalue weighted by molar-refractivity contribution is 0.285. The van der Waals surface area contributed by atoms with E-state index in [1.54, 1.807) is 7.11 Å². The quantitative estimate of drug-likeness (QED) is 0.745. The Morgan fingerprint density at radius 2 is 1.84 bits per heavy atom. The molecular formula is C15H25ClN2O. The Bertz CT molecular complexity index is 365. The summed E-state index contributed by atoms with van der Waals surface area (Å²) in [5.41, 5.74) is 1.04. The van der Waals surface area contributed by atoms with Crippen LogP contribution in [0.1, 0.15) is 26.7 Å². The predicted octanol–water partition coefficient (Wildman–Crippen LogP) is 3.88. The summed E-state index contributed by atoms with van der Waals surface area (Å²) in [5.74, 6) is 0.714. The molecule has 0 amide bonds. The first-order valence-electron chi connectivity index (χ1n) is 7.01. The van der Waals surface area contributed by atoms with Crippen molar-refractivity contribution in [2.45, 2.75) is 26.7 Å². The van der Waals surface area contributed by atoms with Gasteiger partial charge in [0, 0.05) is 18.8 Å². The van der Waals surface area contributed by atoms with Gasteiger partial charge in [0.25, 0.3) is 0 Å². The first-order chi connectivity index (χ1) is 9.21. The van der Waals surface area contributed by atoms with Crippen LogP contribution in [-0.4, -0.2) is 38.2 Å². The van der Waals surface area contributed by atoms with Gasteiger partial charge in [0.05, 0.1) is 12.1 Å². The summed E-state index contributed by atoms with van der Waals surface area (Å²) < 4.78 is 5.14. The molecule has 4 heteroatoms. The maximum Gasteiger partial charge on any atom is 0.137 e. The molecule has 0 saturated carbocycles. The van der Waals surface area contributed by atoms with Gasteiger partial charge in [0.1, 0.15) is 5.75 Å². The van der Waals surface area contributed by atoms with Crippen molar-refractivity contribution in [3.05, 3.63) is 23.2 Å². The van der Waals surface area contributed by atoms with Gasteiger partial charge in [-0.1, -0.05) is 25.4 Å². The number of hydrogen-bond donors (Lipinski definition) is 1. The number of ether oxygens (including phenoxy) is 1. The average Bonchev–Trinajstić information content (AvgIpc) is 2.39. The van der Waals surface area contributed by atoms with Crippen LogP contribution in [0, 0.1) is 0 Å². The van der Waals surface area contributed by atoms with E-state index in [0.717, 1.165) is 18.8 Å². The van der Waals surface area contributed by atoms with Crippen LogP contribution in [0.15, 0.2) is 18.2 Å². The minimum Gasteiger partial charge on any atom is -0.495 e. The van der Waals surface area contributed by atoms with Crippen LogP contribution in [0.2, 0.25) is 5.02 Å². The molecule has 0 aliphatic carbocycles. The Hall–Kier alpha value is -0.930. The lowest BCUT2D eigenvalue weighted by Gasteiger charge is -2.21. The summed E-state index contributed by atoms with van der Waals surface area (Å²) in [6.45, 7) is 8.77. The molecule has 0 aliphatic heterocycles. The summed E-state index contributed by atoms with van der Waals surface area (Å²) >= 11 is 6.10.